The summed E-state index contributed by atoms with van der Waals surface area (Å²) in [6, 6.07) is 5.69. The van der Waals surface area contributed by atoms with E-state index >= 15 is 0 Å². The summed E-state index contributed by atoms with van der Waals surface area (Å²) in [6.45, 7) is 5.98. The Morgan fingerprint density at radius 1 is 1.33 bits per heavy atom. The predicted octanol–water partition coefficient (Wildman–Crippen LogP) is 2.60. The van der Waals surface area contributed by atoms with Crippen LogP contribution in [-0.4, -0.2) is 23.3 Å². The Morgan fingerprint density at radius 3 is 2.61 bits per heavy atom. The van der Waals surface area contributed by atoms with E-state index in [9.17, 15) is 0 Å². The van der Waals surface area contributed by atoms with Gasteiger partial charge in [0.2, 0.25) is 5.88 Å². The lowest BCUT2D eigenvalue weighted by Gasteiger charge is -2.32. The van der Waals surface area contributed by atoms with Gasteiger partial charge in [-0.05, 0) is 32.9 Å². The van der Waals surface area contributed by atoms with Crippen LogP contribution in [0.3, 0.4) is 0 Å². The smallest absolute Gasteiger partial charge is 0.232 e. The van der Waals surface area contributed by atoms with Gasteiger partial charge in [0, 0.05) is 18.5 Å². The van der Waals surface area contributed by atoms with Gasteiger partial charge < -0.3 is 9.47 Å². The molecule has 1 saturated heterocycles. The van der Waals surface area contributed by atoms with Gasteiger partial charge in [-0.2, -0.15) is 5.26 Å². The minimum atomic E-state index is 0.0742. The highest BCUT2D eigenvalue weighted by molar-refractivity contribution is 5.38. The predicted molar refractivity (Wildman–Crippen MR) is 67.3 cm³/mol. The van der Waals surface area contributed by atoms with Gasteiger partial charge in [0.15, 0.2) is 0 Å². The molecule has 0 aliphatic carbocycles. The van der Waals surface area contributed by atoms with E-state index in [-0.39, 0.29) is 18.3 Å². The van der Waals surface area contributed by atoms with Gasteiger partial charge in [-0.15, -0.1) is 0 Å². The van der Waals surface area contributed by atoms with Crippen molar-refractivity contribution in [2.24, 2.45) is 0 Å². The second kappa shape index (κ2) is 5.36. The first-order valence-corrected chi connectivity index (χ1v) is 6.28. The van der Waals surface area contributed by atoms with Crippen molar-refractivity contribution in [1.82, 2.24) is 4.98 Å². The fourth-order valence-corrected chi connectivity index (χ4v) is 2.31. The topological polar surface area (TPSA) is 55.1 Å². The highest BCUT2D eigenvalue weighted by atomic mass is 16.5. The molecule has 0 amide bonds. The van der Waals surface area contributed by atoms with Crippen molar-refractivity contribution in [3.8, 4) is 11.9 Å². The van der Waals surface area contributed by atoms with Crippen molar-refractivity contribution in [2.75, 3.05) is 0 Å². The molecule has 0 saturated carbocycles. The molecule has 0 N–H and O–H groups in total. The summed E-state index contributed by atoms with van der Waals surface area (Å²) in [5, 5.41) is 9.05. The molecule has 2 unspecified atom stereocenters. The quantitative estimate of drug-likeness (QED) is 0.804. The van der Waals surface area contributed by atoms with Gasteiger partial charge in [0.1, 0.15) is 17.7 Å². The monoisotopic (exact) mass is 246 g/mol. The Bertz CT molecular complexity index is 457. The number of aromatic nitrogens is 1. The van der Waals surface area contributed by atoms with Crippen LogP contribution in [0.5, 0.6) is 5.88 Å². The summed E-state index contributed by atoms with van der Waals surface area (Å²) >= 11 is 0. The highest BCUT2D eigenvalue weighted by Crippen LogP contribution is 2.25. The molecule has 4 nitrogen and oxygen atoms in total. The molecule has 2 heterocycles. The van der Waals surface area contributed by atoms with Crippen molar-refractivity contribution in [1.29, 1.82) is 5.26 Å². The van der Waals surface area contributed by atoms with Crippen molar-refractivity contribution in [3.63, 3.8) is 0 Å². The van der Waals surface area contributed by atoms with Crippen molar-refractivity contribution in [2.45, 2.75) is 51.9 Å². The molecule has 1 fully saturated rings. The lowest BCUT2D eigenvalue weighted by atomic mass is 10.0. The highest BCUT2D eigenvalue weighted by Gasteiger charge is 2.26. The first-order valence-electron chi connectivity index (χ1n) is 6.28. The largest absolute Gasteiger partial charge is 0.473 e. The van der Waals surface area contributed by atoms with Crippen LogP contribution in [0.25, 0.3) is 0 Å². The third-order valence-corrected chi connectivity index (χ3v) is 3.05. The number of aryl methyl sites for hydroxylation is 1. The normalized spacial score (nSPS) is 27.6. The van der Waals surface area contributed by atoms with Crippen LogP contribution in [0.1, 0.15) is 37.9 Å². The number of hydrogen-bond acceptors (Lipinski definition) is 4. The summed E-state index contributed by atoms with van der Waals surface area (Å²) in [5.74, 6) is 0.448. The molecule has 4 heteroatoms. The van der Waals surface area contributed by atoms with Gasteiger partial charge in [-0.25, -0.2) is 4.98 Å². The third-order valence-electron chi connectivity index (χ3n) is 3.05. The molecule has 18 heavy (non-hydrogen) atoms. The number of nitriles is 1. The average Bonchev–Trinajstić information content (AvgIpc) is 2.27. The Hall–Kier alpha value is -1.60. The maximum absolute atomic E-state index is 9.05. The zero-order valence-corrected chi connectivity index (χ0v) is 11.0. The van der Waals surface area contributed by atoms with Crippen molar-refractivity contribution in [3.05, 3.63) is 23.4 Å². The molecule has 0 spiro atoms. The van der Waals surface area contributed by atoms with E-state index in [0.29, 0.717) is 11.4 Å². The van der Waals surface area contributed by atoms with E-state index in [1.54, 1.807) is 6.07 Å². The molecule has 0 radical (unpaired) electrons. The van der Waals surface area contributed by atoms with E-state index < -0.39 is 0 Å². The lowest BCUT2D eigenvalue weighted by molar-refractivity contribution is -0.0730. The number of ether oxygens (including phenoxy) is 2. The van der Waals surface area contributed by atoms with E-state index in [1.165, 1.54) is 0 Å². The van der Waals surface area contributed by atoms with E-state index in [0.717, 1.165) is 18.5 Å². The Labute approximate surface area is 108 Å². The van der Waals surface area contributed by atoms with Crippen LogP contribution >= 0.6 is 0 Å². The zero-order chi connectivity index (χ0) is 13.1. The third kappa shape index (κ3) is 2.99. The van der Waals surface area contributed by atoms with E-state index in [4.69, 9.17) is 14.7 Å². The van der Waals surface area contributed by atoms with Gasteiger partial charge >= 0.3 is 0 Å². The second-order valence-electron chi connectivity index (χ2n) is 4.89. The minimum absolute atomic E-state index is 0.0742. The van der Waals surface area contributed by atoms with Crippen molar-refractivity contribution < 1.29 is 9.47 Å². The number of hydrogen-bond donors (Lipinski definition) is 0. The molecule has 1 aromatic rings. The minimum Gasteiger partial charge on any atom is -0.473 e. The molecule has 0 bridgehead atoms. The molecule has 1 aromatic heterocycles. The summed E-state index contributed by atoms with van der Waals surface area (Å²) in [6.07, 6.45) is 2.13. The molecular formula is C14H18N2O2. The van der Waals surface area contributed by atoms with E-state index in [1.807, 2.05) is 26.8 Å². The molecule has 1 aliphatic rings. The molecule has 2 atom stereocenters. The Kier molecular flexibility index (Phi) is 3.83. The van der Waals surface area contributed by atoms with E-state index in [2.05, 4.69) is 11.1 Å². The molecule has 1 aliphatic heterocycles. The van der Waals surface area contributed by atoms with Crippen LogP contribution in [0, 0.1) is 18.3 Å². The Morgan fingerprint density at radius 2 is 2.00 bits per heavy atom. The maximum Gasteiger partial charge on any atom is 0.232 e. The molecule has 0 aromatic carbocycles. The first kappa shape index (κ1) is 12.8. The van der Waals surface area contributed by atoms with Crippen molar-refractivity contribution >= 4 is 0 Å². The number of pyridine rings is 1. The van der Waals surface area contributed by atoms with Gasteiger partial charge in [0.05, 0.1) is 12.2 Å². The van der Waals surface area contributed by atoms with Crippen LogP contribution < -0.4 is 4.74 Å². The summed E-state index contributed by atoms with van der Waals surface area (Å²) < 4.78 is 11.6. The summed E-state index contributed by atoms with van der Waals surface area (Å²) in [5.41, 5.74) is 1.35. The fraction of sp³-hybridized carbons (Fsp3) is 0.571. The van der Waals surface area contributed by atoms with Crippen LogP contribution in [0.2, 0.25) is 0 Å². The molecule has 96 valence electrons. The Balaban J connectivity index is 2.13. The second-order valence-corrected chi connectivity index (χ2v) is 4.89. The first-order chi connectivity index (χ1) is 8.58. The summed E-state index contributed by atoms with van der Waals surface area (Å²) in [4.78, 5) is 4.30. The van der Waals surface area contributed by atoms with Crippen LogP contribution in [-0.2, 0) is 4.74 Å². The number of rotatable bonds is 2. The lowest BCUT2D eigenvalue weighted by Crippen LogP contribution is -2.36. The maximum atomic E-state index is 9.05. The average molecular weight is 246 g/mol. The van der Waals surface area contributed by atoms with Gasteiger partial charge in [-0.1, -0.05) is 0 Å². The molecular weight excluding hydrogens is 228 g/mol. The van der Waals surface area contributed by atoms with Gasteiger partial charge in [-0.3, -0.25) is 0 Å². The van der Waals surface area contributed by atoms with Gasteiger partial charge in [0.25, 0.3) is 0 Å². The zero-order valence-electron chi connectivity index (χ0n) is 11.0. The summed E-state index contributed by atoms with van der Waals surface area (Å²) in [7, 11) is 0. The standard InChI is InChI=1S/C14H18N2O2/c1-9-4-5-12(8-15)14(16-9)18-13-6-10(2)17-11(3)7-13/h4-5,10-11,13H,6-7H2,1-3H3. The van der Waals surface area contributed by atoms with Crippen LogP contribution in [0.4, 0.5) is 0 Å². The SMILES string of the molecule is Cc1ccc(C#N)c(OC2CC(C)OC(C)C2)n1. The van der Waals surface area contributed by atoms with Crippen LogP contribution in [0.15, 0.2) is 12.1 Å². The molecule has 2 rings (SSSR count). The number of nitrogens with zero attached hydrogens (tertiary/aromatic N) is 2. The fourth-order valence-electron chi connectivity index (χ4n) is 2.31.